The van der Waals surface area contributed by atoms with E-state index >= 15 is 0 Å². The molecule has 0 heterocycles. The molecule has 1 aromatic rings. The van der Waals surface area contributed by atoms with Crippen LogP contribution >= 0.6 is 12.4 Å². The van der Waals surface area contributed by atoms with Crippen LogP contribution in [0.2, 0.25) is 0 Å². The number of amides is 1. The van der Waals surface area contributed by atoms with Gasteiger partial charge < -0.3 is 10.6 Å². The largest absolute Gasteiger partial charge is 0.325 e. The highest BCUT2D eigenvalue weighted by Crippen LogP contribution is 2.33. The minimum absolute atomic E-state index is 0. The van der Waals surface area contributed by atoms with Gasteiger partial charge in [0.05, 0.1) is 5.92 Å². The first-order valence-electron chi connectivity index (χ1n) is 7.05. The maximum Gasteiger partial charge on any atom is 0.231 e. The van der Waals surface area contributed by atoms with Crippen LogP contribution in [0.25, 0.3) is 0 Å². The zero-order valence-electron chi connectivity index (χ0n) is 12.6. The zero-order valence-corrected chi connectivity index (χ0v) is 13.4. The predicted octanol–water partition coefficient (Wildman–Crippen LogP) is 3.29. The number of rotatable bonds is 2. The number of carbonyl (C=O) groups is 1. The molecule has 1 fully saturated rings. The van der Waals surface area contributed by atoms with Crippen molar-refractivity contribution in [1.82, 2.24) is 0 Å². The molecular weight excluding hydrogens is 272 g/mol. The maximum absolute atomic E-state index is 12.6. The van der Waals surface area contributed by atoms with Crippen molar-refractivity contribution in [3.05, 3.63) is 29.8 Å². The quantitative estimate of drug-likeness (QED) is 0.910. The summed E-state index contributed by atoms with van der Waals surface area (Å²) in [6, 6.07) is 8.04. The van der Waals surface area contributed by atoms with Crippen LogP contribution < -0.4 is 10.6 Å². The van der Waals surface area contributed by atoms with E-state index in [-0.39, 0.29) is 29.8 Å². The lowest BCUT2D eigenvalue weighted by Gasteiger charge is -2.39. The van der Waals surface area contributed by atoms with Gasteiger partial charge in [0.25, 0.3) is 0 Å². The second-order valence-corrected chi connectivity index (χ2v) is 6.04. The summed E-state index contributed by atoms with van der Waals surface area (Å²) in [6.07, 6.45) is 4.07. The molecule has 0 bridgehead atoms. The van der Waals surface area contributed by atoms with E-state index < -0.39 is 0 Å². The van der Waals surface area contributed by atoms with Gasteiger partial charge in [-0.2, -0.15) is 0 Å². The number of carbonyl (C=O) groups excluding carboxylic acids is 1. The molecule has 1 aliphatic rings. The fourth-order valence-corrected chi connectivity index (χ4v) is 2.89. The van der Waals surface area contributed by atoms with Crippen LogP contribution in [-0.2, 0) is 4.79 Å². The smallest absolute Gasteiger partial charge is 0.231 e. The number of benzene rings is 1. The number of nitrogens with two attached hydrogens (primary N) is 1. The molecule has 0 radical (unpaired) electrons. The van der Waals surface area contributed by atoms with E-state index in [1.165, 1.54) is 5.56 Å². The third kappa shape index (κ3) is 3.53. The first-order chi connectivity index (χ1) is 8.92. The molecule has 20 heavy (non-hydrogen) atoms. The minimum Gasteiger partial charge on any atom is -0.325 e. The summed E-state index contributed by atoms with van der Waals surface area (Å²) in [6.45, 7) is 4.06. The number of anilines is 1. The average Bonchev–Trinajstić information content (AvgIpc) is 2.37. The molecule has 112 valence electrons. The molecule has 4 heteroatoms. The van der Waals surface area contributed by atoms with Crippen molar-refractivity contribution in [2.24, 2.45) is 11.7 Å². The van der Waals surface area contributed by atoms with Crippen molar-refractivity contribution >= 4 is 24.0 Å². The van der Waals surface area contributed by atoms with Gasteiger partial charge in [0, 0.05) is 18.3 Å². The number of hydrogen-bond donors (Lipinski definition) is 1. The molecule has 2 rings (SSSR count). The molecule has 1 aliphatic carbocycles. The Morgan fingerprint density at radius 2 is 1.90 bits per heavy atom. The Kier molecular flexibility index (Phi) is 5.60. The predicted molar refractivity (Wildman–Crippen MR) is 86.4 cm³/mol. The Balaban J connectivity index is 0.00000200. The third-order valence-electron chi connectivity index (χ3n) is 4.30. The molecule has 1 amide bonds. The number of nitrogens with zero attached hydrogens (tertiary/aromatic N) is 1. The van der Waals surface area contributed by atoms with Gasteiger partial charge >= 0.3 is 0 Å². The van der Waals surface area contributed by atoms with Gasteiger partial charge in [-0.15, -0.1) is 12.4 Å². The van der Waals surface area contributed by atoms with Crippen molar-refractivity contribution in [3.63, 3.8) is 0 Å². The zero-order chi connectivity index (χ0) is 14.0. The Morgan fingerprint density at radius 1 is 1.30 bits per heavy atom. The molecule has 0 aliphatic heterocycles. The van der Waals surface area contributed by atoms with Gasteiger partial charge in [0.1, 0.15) is 0 Å². The summed E-state index contributed by atoms with van der Waals surface area (Å²) < 4.78 is 0. The second kappa shape index (κ2) is 6.59. The van der Waals surface area contributed by atoms with Crippen LogP contribution in [0.1, 0.15) is 38.2 Å². The fourth-order valence-electron chi connectivity index (χ4n) is 2.89. The van der Waals surface area contributed by atoms with Gasteiger partial charge in [-0.3, -0.25) is 4.79 Å². The lowest BCUT2D eigenvalue weighted by Crippen LogP contribution is -2.53. The second-order valence-electron chi connectivity index (χ2n) is 6.04. The van der Waals surface area contributed by atoms with Crippen LogP contribution in [0, 0.1) is 12.8 Å². The Labute approximate surface area is 127 Å². The summed E-state index contributed by atoms with van der Waals surface area (Å²) >= 11 is 0. The standard InChI is InChI=1S/C16H24N2O.ClH/c1-12-7-9-13(10-8-12)18(3)15(19)14-6-4-5-11-16(14,2)17;/h7-10,14H,4-6,11,17H2,1-3H3;1H. The summed E-state index contributed by atoms with van der Waals surface area (Å²) in [5, 5.41) is 0. The van der Waals surface area contributed by atoms with E-state index in [0.717, 1.165) is 31.4 Å². The van der Waals surface area contributed by atoms with Gasteiger partial charge in [-0.05, 0) is 38.8 Å². The van der Waals surface area contributed by atoms with Crippen LogP contribution in [0.4, 0.5) is 5.69 Å². The Bertz CT molecular complexity index is 456. The summed E-state index contributed by atoms with van der Waals surface area (Å²) in [4.78, 5) is 14.4. The summed E-state index contributed by atoms with van der Waals surface area (Å²) in [5.41, 5.74) is 8.09. The van der Waals surface area contributed by atoms with Gasteiger partial charge in [0.2, 0.25) is 5.91 Å². The number of aryl methyl sites for hydroxylation is 1. The monoisotopic (exact) mass is 296 g/mol. The van der Waals surface area contributed by atoms with Crippen LogP contribution in [0.5, 0.6) is 0 Å². The van der Waals surface area contributed by atoms with E-state index in [1.807, 2.05) is 45.2 Å². The van der Waals surface area contributed by atoms with Gasteiger partial charge in [0.15, 0.2) is 0 Å². The minimum atomic E-state index is -0.367. The number of halogens is 1. The van der Waals surface area contributed by atoms with E-state index in [2.05, 4.69) is 0 Å². The summed E-state index contributed by atoms with van der Waals surface area (Å²) in [5.74, 6) is 0.0844. The van der Waals surface area contributed by atoms with Crippen LogP contribution in [0.3, 0.4) is 0 Å². The molecule has 1 saturated carbocycles. The van der Waals surface area contributed by atoms with Crippen LogP contribution in [-0.4, -0.2) is 18.5 Å². The fraction of sp³-hybridized carbons (Fsp3) is 0.562. The Hall–Kier alpha value is -1.06. The first-order valence-corrected chi connectivity index (χ1v) is 7.05. The molecule has 0 aromatic heterocycles. The van der Waals surface area contributed by atoms with E-state index in [0.29, 0.717) is 0 Å². The molecular formula is C16H25ClN2O. The van der Waals surface area contributed by atoms with E-state index in [9.17, 15) is 4.79 Å². The topological polar surface area (TPSA) is 46.3 Å². The molecule has 1 aromatic carbocycles. The molecule has 3 nitrogen and oxygen atoms in total. The third-order valence-corrected chi connectivity index (χ3v) is 4.30. The highest BCUT2D eigenvalue weighted by molar-refractivity contribution is 5.95. The lowest BCUT2D eigenvalue weighted by atomic mass is 9.74. The van der Waals surface area contributed by atoms with E-state index in [4.69, 9.17) is 5.73 Å². The number of hydrogen-bond acceptors (Lipinski definition) is 2. The highest BCUT2D eigenvalue weighted by atomic mass is 35.5. The lowest BCUT2D eigenvalue weighted by molar-refractivity contribution is -0.125. The van der Waals surface area contributed by atoms with Gasteiger partial charge in [-0.1, -0.05) is 30.5 Å². The van der Waals surface area contributed by atoms with Crippen molar-refractivity contribution in [2.75, 3.05) is 11.9 Å². The summed E-state index contributed by atoms with van der Waals surface area (Å²) in [7, 11) is 1.84. The molecule has 0 saturated heterocycles. The average molecular weight is 297 g/mol. The molecule has 2 unspecified atom stereocenters. The molecule has 0 spiro atoms. The van der Waals surface area contributed by atoms with Crippen molar-refractivity contribution in [2.45, 2.75) is 45.1 Å². The van der Waals surface area contributed by atoms with Crippen molar-refractivity contribution in [1.29, 1.82) is 0 Å². The van der Waals surface area contributed by atoms with Crippen LogP contribution in [0.15, 0.2) is 24.3 Å². The Morgan fingerprint density at radius 3 is 2.45 bits per heavy atom. The molecule has 2 N–H and O–H groups in total. The SMILES string of the molecule is Cc1ccc(N(C)C(=O)C2CCCCC2(C)N)cc1.Cl. The van der Waals surface area contributed by atoms with Gasteiger partial charge in [-0.25, -0.2) is 0 Å². The molecule has 2 atom stereocenters. The van der Waals surface area contributed by atoms with Crippen molar-refractivity contribution in [3.8, 4) is 0 Å². The van der Waals surface area contributed by atoms with Crippen molar-refractivity contribution < 1.29 is 4.79 Å². The highest BCUT2D eigenvalue weighted by Gasteiger charge is 2.39. The first kappa shape index (κ1) is 17.0. The maximum atomic E-state index is 12.6. The van der Waals surface area contributed by atoms with E-state index in [1.54, 1.807) is 4.90 Å². The normalized spacial score (nSPS) is 25.7.